The summed E-state index contributed by atoms with van der Waals surface area (Å²) in [4.78, 5) is 0. The molecule has 20 heavy (non-hydrogen) atoms. The van der Waals surface area contributed by atoms with Gasteiger partial charge < -0.3 is 4.74 Å². The van der Waals surface area contributed by atoms with E-state index in [1.807, 2.05) is 24.3 Å². The molecule has 0 fully saturated rings. The summed E-state index contributed by atoms with van der Waals surface area (Å²) in [6.45, 7) is 1.79. The number of hydrogen-bond donors (Lipinski definition) is 1. The highest BCUT2D eigenvalue weighted by molar-refractivity contribution is 9.11. The van der Waals surface area contributed by atoms with Gasteiger partial charge in [-0.1, -0.05) is 18.2 Å². The predicted octanol–water partition coefficient (Wildman–Crippen LogP) is 3.56. The third-order valence-corrected chi connectivity index (χ3v) is 6.41. The second-order valence-corrected chi connectivity index (χ2v) is 8.55. The van der Waals surface area contributed by atoms with Crippen molar-refractivity contribution in [3.63, 3.8) is 0 Å². The number of benzene rings is 1. The molecule has 2 aromatic rings. The maximum Gasteiger partial charge on any atom is 0.250 e. The Hall–Kier alpha value is -0.890. The van der Waals surface area contributed by atoms with Crippen LogP contribution in [0, 0.1) is 0 Å². The fraction of sp³-hybridized carbons (Fsp3) is 0.231. The van der Waals surface area contributed by atoms with Crippen LogP contribution in [0.25, 0.3) is 0 Å². The highest BCUT2D eigenvalue weighted by atomic mass is 79.9. The molecule has 0 aliphatic heterocycles. The minimum absolute atomic E-state index is 0.283. The van der Waals surface area contributed by atoms with E-state index in [0.717, 1.165) is 9.35 Å². The molecule has 2 rings (SSSR count). The van der Waals surface area contributed by atoms with Gasteiger partial charge >= 0.3 is 0 Å². The Morgan fingerprint density at radius 2 is 1.95 bits per heavy atom. The number of sulfonamides is 1. The van der Waals surface area contributed by atoms with E-state index in [1.165, 1.54) is 11.3 Å². The van der Waals surface area contributed by atoms with Crippen LogP contribution in [0.2, 0.25) is 0 Å². The largest absolute Gasteiger partial charge is 0.496 e. The molecule has 1 heterocycles. The minimum Gasteiger partial charge on any atom is -0.496 e. The molecule has 1 aromatic heterocycles. The molecule has 0 amide bonds. The highest BCUT2D eigenvalue weighted by Crippen LogP contribution is 2.29. The molecule has 0 saturated heterocycles. The van der Waals surface area contributed by atoms with Crippen molar-refractivity contribution < 1.29 is 13.2 Å². The Kier molecular flexibility index (Phi) is 4.85. The lowest BCUT2D eigenvalue weighted by atomic mass is 10.1. The summed E-state index contributed by atoms with van der Waals surface area (Å²) in [5, 5.41) is 0. The summed E-state index contributed by atoms with van der Waals surface area (Å²) in [6, 6.07) is 10.3. The number of thiophene rings is 1. The van der Waals surface area contributed by atoms with Gasteiger partial charge in [0.2, 0.25) is 0 Å². The summed E-state index contributed by atoms with van der Waals surface area (Å²) in [6.07, 6.45) is 0. The van der Waals surface area contributed by atoms with Gasteiger partial charge in [-0.2, -0.15) is 0 Å². The Balaban J connectivity index is 2.25. The standard InChI is InChI=1S/C13H14BrNO3S2/c1-9(10-5-3-4-6-11(10)18-2)15-20(16,17)13-8-7-12(14)19-13/h3-9,15H,1-2H3. The maximum absolute atomic E-state index is 12.3. The van der Waals surface area contributed by atoms with Gasteiger partial charge in [0, 0.05) is 11.6 Å². The molecule has 0 radical (unpaired) electrons. The Labute approximate surface area is 131 Å². The molecule has 1 unspecified atom stereocenters. The Morgan fingerprint density at radius 3 is 2.55 bits per heavy atom. The van der Waals surface area contributed by atoms with Crippen molar-refractivity contribution in [3.05, 3.63) is 45.7 Å². The van der Waals surface area contributed by atoms with E-state index >= 15 is 0 Å². The third-order valence-electron chi connectivity index (χ3n) is 2.75. The molecule has 108 valence electrons. The first-order chi connectivity index (χ1) is 9.44. The van der Waals surface area contributed by atoms with Crippen LogP contribution in [0.3, 0.4) is 0 Å². The van der Waals surface area contributed by atoms with Gasteiger partial charge in [0.05, 0.1) is 10.9 Å². The molecule has 0 saturated carbocycles. The highest BCUT2D eigenvalue weighted by Gasteiger charge is 2.21. The van der Waals surface area contributed by atoms with E-state index in [1.54, 1.807) is 26.2 Å². The monoisotopic (exact) mass is 375 g/mol. The van der Waals surface area contributed by atoms with Crippen LogP contribution in [-0.4, -0.2) is 15.5 Å². The van der Waals surface area contributed by atoms with Crippen molar-refractivity contribution >= 4 is 37.3 Å². The lowest BCUT2D eigenvalue weighted by molar-refractivity contribution is 0.405. The van der Waals surface area contributed by atoms with E-state index in [2.05, 4.69) is 20.7 Å². The number of halogens is 1. The van der Waals surface area contributed by atoms with Crippen LogP contribution in [0.15, 0.2) is 44.4 Å². The zero-order valence-electron chi connectivity index (χ0n) is 11.0. The number of ether oxygens (including phenoxy) is 1. The van der Waals surface area contributed by atoms with Crippen molar-refractivity contribution in [3.8, 4) is 5.75 Å². The average molecular weight is 376 g/mol. The van der Waals surface area contributed by atoms with Crippen LogP contribution < -0.4 is 9.46 Å². The number of nitrogens with one attached hydrogen (secondary N) is 1. The second kappa shape index (κ2) is 6.26. The zero-order valence-corrected chi connectivity index (χ0v) is 14.2. The maximum atomic E-state index is 12.3. The lowest BCUT2D eigenvalue weighted by Crippen LogP contribution is -2.26. The molecule has 0 aliphatic rings. The molecular formula is C13H14BrNO3S2. The molecule has 0 spiro atoms. The first kappa shape index (κ1) is 15.5. The Morgan fingerprint density at radius 1 is 1.25 bits per heavy atom. The van der Waals surface area contributed by atoms with Gasteiger partial charge in [-0.3, -0.25) is 0 Å². The summed E-state index contributed by atoms with van der Waals surface area (Å²) in [5.41, 5.74) is 0.800. The quantitative estimate of drug-likeness (QED) is 0.868. The SMILES string of the molecule is COc1ccccc1C(C)NS(=O)(=O)c1ccc(Br)s1. The summed E-state index contributed by atoms with van der Waals surface area (Å²) in [5.74, 6) is 0.662. The second-order valence-electron chi connectivity index (χ2n) is 4.14. The van der Waals surface area contributed by atoms with E-state index in [9.17, 15) is 8.42 Å². The molecule has 1 N–H and O–H groups in total. The van der Waals surface area contributed by atoms with Crippen LogP contribution in [0.4, 0.5) is 0 Å². The first-order valence-electron chi connectivity index (χ1n) is 5.84. The predicted molar refractivity (Wildman–Crippen MR) is 83.7 cm³/mol. The van der Waals surface area contributed by atoms with Gasteiger partial charge in [0.15, 0.2) is 0 Å². The van der Waals surface area contributed by atoms with Gasteiger partial charge in [-0.05, 0) is 41.1 Å². The van der Waals surface area contributed by atoms with Crippen LogP contribution >= 0.6 is 27.3 Å². The lowest BCUT2D eigenvalue weighted by Gasteiger charge is -2.16. The summed E-state index contributed by atoms with van der Waals surface area (Å²) >= 11 is 4.44. The molecular weight excluding hydrogens is 362 g/mol. The number of rotatable bonds is 5. The molecule has 7 heteroatoms. The van der Waals surface area contributed by atoms with Gasteiger partial charge in [0.1, 0.15) is 9.96 Å². The first-order valence-corrected chi connectivity index (χ1v) is 8.94. The van der Waals surface area contributed by atoms with Gasteiger partial charge in [-0.15, -0.1) is 11.3 Å². The van der Waals surface area contributed by atoms with E-state index in [4.69, 9.17) is 4.74 Å². The normalized spacial score (nSPS) is 13.2. The van der Waals surface area contributed by atoms with Gasteiger partial charge in [-0.25, -0.2) is 13.1 Å². The molecule has 1 aromatic carbocycles. The fourth-order valence-corrected chi connectivity index (χ4v) is 5.07. The van der Waals surface area contributed by atoms with Crippen molar-refractivity contribution in [2.45, 2.75) is 17.2 Å². The smallest absolute Gasteiger partial charge is 0.250 e. The van der Waals surface area contributed by atoms with Crippen LogP contribution in [-0.2, 0) is 10.0 Å². The van der Waals surface area contributed by atoms with E-state index in [-0.39, 0.29) is 10.3 Å². The van der Waals surface area contributed by atoms with Crippen LogP contribution in [0.1, 0.15) is 18.5 Å². The third kappa shape index (κ3) is 3.41. The molecule has 0 aliphatic carbocycles. The van der Waals surface area contributed by atoms with Gasteiger partial charge in [0.25, 0.3) is 10.0 Å². The Bertz CT molecular complexity index is 697. The molecule has 4 nitrogen and oxygen atoms in total. The average Bonchev–Trinajstić information content (AvgIpc) is 2.85. The van der Waals surface area contributed by atoms with Crippen molar-refractivity contribution in [2.75, 3.05) is 7.11 Å². The molecule has 1 atom stereocenters. The fourth-order valence-electron chi connectivity index (χ4n) is 1.82. The van der Waals surface area contributed by atoms with Crippen molar-refractivity contribution in [1.82, 2.24) is 4.72 Å². The number of para-hydroxylation sites is 1. The topological polar surface area (TPSA) is 55.4 Å². The summed E-state index contributed by atoms with van der Waals surface area (Å²) < 4.78 is 33.5. The number of methoxy groups -OCH3 is 1. The van der Waals surface area contributed by atoms with Crippen molar-refractivity contribution in [1.29, 1.82) is 0 Å². The summed E-state index contributed by atoms with van der Waals surface area (Å²) in [7, 11) is -1.96. The zero-order chi connectivity index (χ0) is 14.8. The minimum atomic E-state index is -3.53. The van der Waals surface area contributed by atoms with E-state index < -0.39 is 10.0 Å². The van der Waals surface area contributed by atoms with Crippen LogP contribution in [0.5, 0.6) is 5.75 Å². The van der Waals surface area contributed by atoms with E-state index in [0.29, 0.717) is 5.75 Å². The molecule has 0 bridgehead atoms. The van der Waals surface area contributed by atoms with Crippen molar-refractivity contribution in [2.24, 2.45) is 0 Å². The number of hydrogen-bond acceptors (Lipinski definition) is 4.